The highest BCUT2D eigenvalue weighted by molar-refractivity contribution is 6.42. The van der Waals surface area contributed by atoms with Crippen LogP contribution in [-0.2, 0) is 14.3 Å². The molecule has 0 aliphatic rings. The molecule has 5 nitrogen and oxygen atoms in total. The molecule has 0 radical (unpaired) electrons. The number of ketones is 1. The van der Waals surface area contributed by atoms with Crippen molar-refractivity contribution in [1.82, 2.24) is 0 Å². The van der Waals surface area contributed by atoms with Gasteiger partial charge in [-0.1, -0.05) is 29.3 Å². The third kappa shape index (κ3) is 6.24. The number of Topliss-reactive ketones (excluding diaryl/α,β-unsaturated/α-hetero) is 1. The highest BCUT2D eigenvalue weighted by Crippen LogP contribution is 2.23. The zero-order valence-electron chi connectivity index (χ0n) is 14.7. The van der Waals surface area contributed by atoms with E-state index in [4.69, 9.17) is 27.9 Å². The molecule has 2 aromatic carbocycles. The van der Waals surface area contributed by atoms with E-state index >= 15 is 0 Å². The summed E-state index contributed by atoms with van der Waals surface area (Å²) in [5.41, 5.74) is 1.71. The zero-order chi connectivity index (χ0) is 20.0. The Kier molecular flexibility index (Phi) is 7.16. The first-order valence-electron chi connectivity index (χ1n) is 8.02. The van der Waals surface area contributed by atoms with Crippen LogP contribution in [0.4, 0.5) is 5.69 Å². The number of rotatable bonds is 6. The van der Waals surface area contributed by atoms with Gasteiger partial charge in [-0.15, -0.1) is 0 Å². The molecule has 0 aromatic heterocycles. The van der Waals surface area contributed by atoms with Gasteiger partial charge < -0.3 is 10.1 Å². The zero-order valence-corrected chi connectivity index (χ0v) is 16.2. The molecule has 2 rings (SSSR count). The van der Waals surface area contributed by atoms with Gasteiger partial charge in [0.1, 0.15) is 0 Å². The Hall–Kier alpha value is -2.63. The molecule has 0 aliphatic carbocycles. The molecule has 1 amide bonds. The van der Waals surface area contributed by atoms with Crippen molar-refractivity contribution < 1.29 is 19.1 Å². The fraction of sp³-hybridized carbons (Fsp3) is 0.150. The van der Waals surface area contributed by atoms with Crippen molar-refractivity contribution in [2.45, 2.75) is 20.0 Å². The average Bonchev–Trinajstić information content (AvgIpc) is 2.63. The molecule has 2 aromatic rings. The van der Waals surface area contributed by atoms with Crippen LogP contribution >= 0.6 is 23.2 Å². The highest BCUT2D eigenvalue weighted by Gasteiger charge is 2.16. The van der Waals surface area contributed by atoms with Crippen molar-refractivity contribution in [2.24, 2.45) is 0 Å². The van der Waals surface area contributed by atoms with E-state index in [2.05, 4.69) is 5.32 Å². The van der Waals surface area contributed by atoms with Crippen LogP contribution in [0.1, 0.15) is 29.8 Å². The lowest BCUT2D eigenvalue weighted by atomic mass is 10.1. The number of benzene rings is 2. The second kappa shape index (κ2) is 9.35. The van der Waals surface area contributed by atoms with Gasteiger partial charge in [0.25, 0.3) is 5.91 Å². The fourth-order valence-electron chi connectivity index (χ4n) is 2.08. The Morgan fingerprint density at radius 1 is 1.04 bits per heavy atom. The Labute approximate surface area is 166 Å². The van der Waals surface area contributed by atoms with Crippen LogP contribution in [0.3, 0.4) is 0 Å². The number of anilines is 1. The number of ether oxygens (including phenoxy) is 1. The molecule has 140 valence electrons. The quantitative estimate of drug-likeness (QED) is 0.426. The number of carbonyl (C=O) groups is 3. The molecule has 0 aliphatic heterocycles. The second-order valence-electron chi connectivity index (χ2n) is 5.71. The Balaban J connectivity index is 1.90. The SMILES string of the molecule is CC(=O)c1ccc(NC(=O)C(C)OC(=O)/C=C/c2ccc(Cl)c(Cl)c2)cc1. The van der Waals surface area contributed by atoms with Gasteiger partial charge in [-0.25, -0.2) is 4.79 Å². The lowest BCUT2D eigenvalue weighted by molar-refractivity contribution is -0.148. The monoisotopic (exact) mass is 405 g/mol. The van der Waals surface area contributed by atoms with Crippen LogP contribution in [0, 0.1) is 0 Å². The first kappa shape index (κ1) is 20.7. The minimum atomic E-state index is -0.997. The fourth-order valence-corrected chi connectivity index (χ4v) is 2.39. The average molecular weight is 406 g/mol. The molecule has 0 saturated carbocycles. The van der Waals surface area contributed by atoms with Crippen molar-refractivity contribution in [3.63, 3.8) is 0 Å². The van der Waals surface area contributed by atoms with E-state index in [1.807, 2.05) is 0 Å². The molecular weight excluding hydrogens is 389 g/mol. The van der Waals surface area contributed by atoms with Gasteiger partial charge in [-0.3, -0.25) is 9.59 Å². The summed E-state index contributed by atoms with van der Waals surface area (Å²) in [4.78, 5) is 35.2. The minimum absolute atomic E-state index is 0.0658. The summed E-state index contributed by atoms with van der Waals surface area (Å²) in [6.07, 6.45) is 1.71. The third-order valence-electron chi connectivity index (χ3n) is 3.58. The lowest BCUT2D eigenvalue weighted by Crippen LogP contribution is -2.29. The van der Waals surface area contributed by atoms with E-state index in [-0.39, 0.29) is 5.78 Å². The molecule has 1 unspecified atom stereocenters. The highest BCUT2D eigenvalue weighted by atomic mass is 35.5. The minimum Gasteiger partial charge on any atom is -0.449 e. The first-order chi connectivity index (χ1) is 12.8. The molecular formula is C20H17Cl2NO4. The molecule has 0 spiro atoms. The van der Waals surface area contributed by atoms with Crippen molar-refractivity contribution >= 4 is 52.6 Å². The summed E-state index contributed by atoms with van der Waals surface area (Å²) in [7, 11) is 0. The Bertz CT molecular complexity index is 891. The molecule has 27 heavy (non-hydrogen) atoms. The molecule has 0 fully saturated rings. The maximum absolute atomic E-state index is 12.1. The van der Waals surface area contributed by atoms with Crippen LogP contribution in [0.2, 0.25) is 10.0 Å². The number of hydrogen-bond donors (Lipinski definition) is 1. The van der Waals surface area contributed by atoms with Gasteiger partial charge in [-0.2, -0.15) is 0 Å². The third-order valence-corrected chi connectivity index (χ3v) is 4.32. The van der Waals surface area contributed by atoms with Crippen molar-refractivity contribution in [2.75, 3.05) is 5.32 Å². The van der Waals surface area contributed by atoms with Crippen LogP contribution < -0.4 is 5.32 Å². The van der Waals surface area contributed by atoms with Crippen LogP contribution in [0.5, 0.6) is 0 Å². The number of halogens is 2. The van der Waals surface area contributed by atoms with Crippen molar-refractivity contribution in [3.8, 4) is 0 Å². The summed E-state index contributed by atoms with van der Waals surface area (Å²) >= 11 is 11.7. The van der Waals surface area contributed by atoms with Gasteiger partial charge >= 0.3 is 5.97 Å². The van der Waals surface area contributed by atoms with E-state index in [1.165, 1.54) is 26.0 Å². The van der Waals surface area contributed by atoms with Crippen LogP contribution in [-0.4, -0.2) is 23.8 Å². The second-order valence-corrected chi connectivity index (χ2v) is 6.52. The normalized spacial score (nSPS) is 11.9. The molecule has 1 atom stereocenters. The topological polar surface area (TPSA) is 72.5 Å². The maximum atomic E-state index is 12.1. The van der Waals surface area contributed by atoms with Crippen LogP contribution in [0.25, 0.3) is 6.08 Å². The standard InChI is InChI=1S/C20H17Cl2NO4/c1-12(24)15-5-7-16(8-6-15)23-20(26)13(2)27-19(25)10-4-14-3-9-17(21)18(22)11-14/h3-11,13H,1-2H3,(H,23,26)/b10-4+. The molecule has 7 heteroatoms. The Morgan fingerprint density at radius 2 is 1.70 bits per heavy atom. The summed E-state index contributed by atoms with van der Waals surface area (Å²) in [5.74, 6) is -1.22. The van der Waals surface area contributed by atoms with Gasteiger partial charge in [0, 0.05) is 17.3 Å². The molecule has 0 bridgehead atoms. The van der Waals surface area contributed by atoms with Gasteiger partial charge in [0.05, 0.1) is 10.0 Å². The molecule has 1 N–H and O–H groups in total. The lowest BCUT2D eigenvalue weighted by Gasteiger charge is -2.12. The van der Waals surface area contributed by atoms with E-state index in [9.17, 15) is 14.4 Å². The maximum Gasteiger partial charge on any atom is 0.331 e. The molecule has 0 saturated heterocycles. The number of amides is 1. The van der Waals surface area contributed by atoms with Crippen molar-refractivity contribution in [3.05, 3.63) is 69.7 Å². The van der Waals surface area contributed by atoms with Gasteiger partial charge in [0.15, 0.2) is 11.9 Å². The number of esters is 1. The summed E-state index contributed by atoms with van der Waals surface area (Å²) in [6.45, 7) is 2.92. The predicted molar refractivity (Wildman–Crippen MR) is 106 cm³/mol. The van der Waals surface area contributed by atoms with Crippen LogP contribution in [0.15, 0.2) is 48.5 Å². The van der Waals surface area contributed by atoms with E-state index in [0.717, 1.165) is 0 Å². The summed E-state index contributed by atoms with van der Waals surface area (Å²) in [5, 5.41) is 3.40. The van der Waals surface area contributed by atoms with Gasteiger partial charge in [-0.05, 0) is 61.9 Å². The van der Waals surface area contributed by atoms with E-state index < -0.39 is 18.0 Å². The van der Waals surface area contributed by atoms with Gasteiger partial charge in [0.2, 0.25) is 0 Å². The number of carbonyl (C=O) groups excluding carboxylic acids is 3. The first-order valence-corrected chi connectivity index (χ1v) is 8.77. The van der Waals surface area contributed by atoms with E-state index in [1.54, 1.807) is 42.5 Å². The summed E-state index contributed by atoms with van der Waals surface area (Å²) in [6, 6.07) is 11.3. The van der Waals surface area contributed by atoms with E-state index in [0.29, 0.717) is 26.9 Å². The molecule has 0 heterocycles. The smallest absolute Gasteiger partial charge is 0.331 e. The Morgan fingerprint density at radius 3 is 2.30 bits per heavy atom. The van der Waals surface area contributed by atoms with Crippen molar-refractivity contribution in [1.29, 1.82) is 0 Å². The largest absolute Gasteiger partial charge is 0.449 e. The predicted octanol–water partition coefficient (Wildman–Crippen LogP) is 4.78. The summed E-state index contributed by atoms with van der Waals surface area (Å²) < 4.78 is 5.07. The number of nitrogens with one attached hydrogen (secondary N) is 1. The number of hydrogen-bond acceptors (Lipinski definition) is 4.